The second kappa shape index (κ2) is 13.6. The molecule has 0 saturated carbocycles. The predicted molar refractivity (Wildman–Crippen MR) is 162 cm³/mol. The van der Waals surface area contributed by atoms with Gasteiger partial charge in [0, 0.05) is 24.5 Å². The largest absolute Gasteiger partial charge is 0.416 e. The fourth-order valence-corrected chi connectivity index (χ4v) is 6.60. The molecule has 4 rings (SSSR count). The molecule has 0 aliphatic heterocycles. The number of aryl methyl sites for hydroxylation is 2. The summed E-state index contributed by atoms with van der Waals surface area (Å²) in [6.45, 7) is 7.08. The molecule has 3 aromatic carbocycles. The van der Waals surface area contributed by atoms with Crippen LogP contribution < -0.4 is 15.4 Å². The Morgan fingerprint density at radius 3 is 2.40 bits per heavy atom. The zero-order valence-corrected chi connectivity index (χ0v) is 25.6. The SMILES string of the molecule is CC(C)(C)NCc1ccc2c(c1)CCCC2NC(=O)CC(CCc1ccccc1)NS(=O)(=O)c1cccc(C(F)(F)F)c1. The van der Waals surface area contributed by atoms with Crippen molar-refractivity contribution in [3.05, 3.63) is 101 Å². The number of hydrogen-bond donors (Lipinski definition) is 3. The molecule has 232 valence electrons. The first kappa shape index (κ1) is 32.7. The third-order valence-electron chi connectivity index (χ3n) is 7.53. The van der Waals surface area contributed by atoms with Crippen molar-refractivity contribution in [3.8, 4) is 0 Å². The lowest BCUT2D eigenvalue weighted by Gasteiger charge is -2.28. The first-order valence-corrected chi connectivity index (χ1v) is 16.1. The Morgan fingerprint density at radius 2 is 1.70 bits per heavy atom. The molecule has 0 fully saturated rings. The van der Waals surface area contributed by atoms with Crippen molar-refractivity contribution < 1.29 is 26.4 Å². The number of rotatable bonds is 11. The lowest BCUT2D eigenvalue weighted by atomic mass is 9.86. The molecule has 43 heavy (non-hydrogen) atoms. The summed E-state index contributed by atoms with van der Waals surface area (Å²) in [6.07, 6.45) is -1.45. The van der Waals surface area contributed by atoms with Crippen molar-refractivity contribution in [2.24, 2.45) is 0 Å². The smallest absolute Gasteiger partial charge is 0.349 e. The fourth-order valence-electron chi connectivity index (χ4n) is 5.29. The fraction of sp³-hybridized carbons (Fsp3) is 0.424. The highest BCUT2D eigenvalue weighted by Crippen LogP contribution is 2.32. The molecule has 3 N–H and O–H groups in total. The van der Waals surface area contributed by atoms with Crippen LogP contribution in [0.15, 0.2) is 77.7 Å². The summed E-state index contributed by atoms with van der Waals surface area (Å²) >= 11 is 0. The van der Waals surface area contributed by atoms with E-state index in [0.29, 0.717) is 18.9 Å². The zero-order valence-electron chi connectivity index (χ0n) is 24.8. The monoisotopic (exact) mass is 615 g/mol. The van der Waals surface area contributed by atoms with E-state index in [9.17, 15) is 26.4 Å². The topological polar surface area (TPSA) is 87.3 Å². The highest BCUT2D eigenvalue weighted by atomic mass is 32.2. The van der Waals surface area contributed by atoms with Gasteiger partial charge < -0.3 is 10.6 Å². The average molecular weight is 616 g/mol. The van der Waals surface area contributed by atoms with Crippen molar-refractivity contribution in [3.63, 3.8) is 0 Å². The lowest BCUT2D eigenvalue weighted by Crippen LogP contribution is -2.40. The number of amides is 1. The zero-order chi connectivity index (χ0) is 31.3. The summed E-state index contributed by atoms with van der Waals surface area (Å²) < 4.78 is 68.7. The Labute approximate surface area is 252 Å². The van der Waals surface area contributed by atoms with Gasteiger partial charge in [0.15, 0.2) is 0 Å². The highest BCUT2D eigenvalue weighted by molar-refractivity contribution is 7.89. The third-order valence-corrected chi connectivity index (χ3v) is 9.05. The van der Waals surface area contributed by atoms with E-state index in [0.717, 1.165) is 55.1 Å². The maximum Gasteiger partial charge on any atom is 0.416 e. The summed E-state index contributed by atoms with van der Waals surface area (Å²) in [7, 11) is -4.33. The van der Waals surface area contributed by atoms with Crippen LogP contribution in [0.5, 0.6) is 0 Å². The van der Waals surface area contributed by atoms with E-state index in [-0.39, 0.29) is 23.9 Å². The minimum atomic E-state index is -4.68. The van der Waals surface area contributed by atoms with E-state index in [2.05, 4.69) is 54.3 Å². The van der Waals surface area contributed by atoms with Crippen molar-refractivity contribution in [1.29, 1.82) is 0 Å². The molecule has 0 spiro atoms. The molecule has 0 heterocycles. The predicted octanol–water partition coefficient (Wildman–Crippen LogP) is 6.46. The van der Waals surface area contributed by atoms with Crippen molar-refractivity contribution in [2.45, 2.75) is 94.5 Å². The summed E-state index contributed by atoms with van der Waals surface area (Å²) in [4.78, 5) is 12.8. The van der Waals surface area contributed by atoms with E-state index < -0.39 is 32.7 Å². The molecular formula is C33H40F3N3O3S. The summed E-state index contributed by atoms with van der Waals surface area (Å²) in [5.74, 6) is -0.318. The van der Waals surface area contributed by atoms with E-state index in [1.165, 1.54) is 11.1 Å². The molecule has 0 bridgehead atoms. The van der Waals surface area contributed by atoms with Gasteiger partial charge in [-0.25, -0.2) is 13.1 Å². The van der Waals surface area contributed by atoms with Crippen molar-refractivity contribution in [2.75, 3.05) is 0 Å². The van der Waals surface area contributed by atoms with Gasteiger partial charge in [0.05, 0.1) is 16.5 Å². The molecule has 3 aromatic rings. The lowest BCUT2D eigenvalue weighted by molar-refractivity contribution is -0.137. The van der Waals surface area contributed by atoms with Crippen LogP contribution >= 0.6 is 0 Å². The third kappa shape index (κ3) is 9.64. The molecule has 1 aliphatic rings. The Balaban J connectivity index is 1.48. The number of alkyl halides is 3. The molecule has 2 unspecified atom stereocenters. The van der Waals surface area contributed by atoms with Crippen LogP contribution in [0.1, 0.15) is 80.3 Å². The van der Waals surface area contributed by atoms with Crippen molar-refractivity contribution >= 4 is 15.9 Å². The minimum absolute atomic E-state index is 0.00783. The van der Waals surface area contributed by atoms with Gasteiger partial charge in [-0.2, -0.15) is 13.2 Å². The van der Waals surface area contributed by atoms with Gasteiger partial charge in [-0.05, 0) is 93.3 Å². The molecule has 0 saturated heterocycles. The van der Waals surface area contributed by atoms with E-state index in [1.807, 2.05) is 30.3 Å². The minimum Gasteiger partial charge on any atom is -0.349 e. The number of hydrogen-bond acceptors (Lipinski definition) is 4. The molecule has 2 atom stereocenters. The number of fused-ring (bicyclic) bond motifs is 1. The normalized spacial score (nSPS) is 16.4. The Kier molecular flexibility index (Phi) is 10.4. The van der Waals surface area contributed by atoms with Crippen LogP contribution in [0.25, 0.3) is 0 Å². The van der Waals surface area contributed by atoms with Gasteiger partial charge in [-0.15, -0.1) is 0 Å². The Morgan fingerprint density at radius 1 is 0.953 bits per heavy atom. The van der Waals surface area contributed by atoms with Crippen LogP contribution in [0.3, 0.4) is 0 Å². The van der Waals surface area contributed by atoms with Crippen LogP contribution in [0, 0.1) is 0 Å². The second-order valence-electron chi connectivity index (χ2n) is 12.2. The van der Waals surface area contributed by atoms with Crippen LogP contribution in [-0.2, 0) is 40.4 Å². The standard InChI is InChI=1S/C33H40F3N3O3S/c1-32(2,3)37-22-24-16-18-29-25(19-24)11-7-14-30(29)38-31(40)21-27(17-15-23-9-5-4-6-10-23)39-43(41,42)28-13-8-12-26(20-28)33(34,35)36/h4-6,8-10,12-13,16,18-20,27,30,37,39H,7,11,14-15,17,21-22H2,1-3H3,(H,38,40). The molecule has 1 amide bonds. The Bertz CT molecular complexity index is 1500. The van der Waals surface area contributed by atoms with Crippen LogP contribution in [0.2, 0.25) is 0 Å². The number of carbonyl (C=O) groups is 1. The highest BCUT2D eigenvalue weighted by Gasteiger charge is 2.32. The van der Waals surface area contributed by atoms with Gasteiger partial charge in [0.25, 0.3) is 0 Å². The summed E-state index contributed by atoms with van der Waals surface area (Å²) in [5, 5.41) is 6.59. The number of nitrogens with one attached hydrogen (secondary N) is 3. The Hall–Kier alpha value is -3.21. The van der Waals surface area contributed by atoms with E-state index in [4.69, 9.17) is 0 Å². The van der Waals surface area contributed by atoms with Gasteiger partial charge >= 0.3 is 6.18 Å². The average Bonchev–Trinajstić information content (AvgIpc) is 2.94. The molecule has 0 radical (unpaired) electrons. The van der Waals surface area contributed by atoms with E-state index in [1.54, 1.807) is 0 Å². The van der Waals surface area contributed by atoms with Crippen molar-refractivity contribution in [1.82, 2.24) is 15.4 Å². The van der Waals surface area contributed by atoms with Crippen LogP contribution in [0.4, 0.5) is 13.2 Å². The van der Waals surface area contributed by atoms with Gasteiger partial charge in [0.2, 0.25) is 15.9 Å². The van der Waals surface area contributed by atoms with Gasteiger partial charge in [0.1, 0.15) is 0 Å². The maximum atomic E-state index is 13.3. The van der Waals surface area contributed by atoms with Gasteiger partial charge in [-0.1, -0.05) is 54.6 Å². The number of sulfonamides is 1. The molecule has 10 heteroatoms. The molecule has 1 aliphatic carbocycles. The number of benzene rings is 3. The first-order chi connectivity index (χ1) is 20.2. The quantitative estimate of drug-likeness (QED) is 0.231. The van der Waals surface area contributed by atoms with Crippen LogP contribution in [-0.4, -0.2) is 25.9 Å². The molecule has 0 aromatic heterocycles. The number of carbonyl (C=O) groups excluding carboxylic acids is 1. The van der Waals surface area contributed by atoms with E-state index >= 15 is 0 Å². The summed E-state index contributed by atoms with van der Waals surface area (Å²) in [6, 6.07) is 18.3. The number of halogens is 3. The molecule has 6 nitrogen and oxygen atoms in total. The van der Waals surface area contributed by atoms with Gasteiger partial charge in [-0.3, -0.25) is 4.79 Å². The summed E-state index contributed by atoms with van der Waals surface area (Å²) in [5.41, 5.74) is 3.32. The molecular weight excluding hydrogens is 575 g/mol. The maximum absolute atomic E-state index is 13.3. The second-order valence-corrected chi connectivity index (χ2v) is 13.9. The first-order valence-electron chi connectivity index (χ1n) is 14.6.